The number of para-hydroxylation sites is 1. The molecule has 20 heavy (non-hydrogen) atoms. The largest absolute Gasteiger partial charge is 0.331 e. The Morgan fingerprint density at radius 1 is 1.15 bits per heavy atom. The highest BCUT2D eigenvalue weighted by atomic mass is 35.5. The Morgan fingerprint density at radius 2 is 1.80 bits per heavy atom. The standard InChI is InChI=1S/C15H14ClN3S/c1-19(15(20)18-14-5-3-2-4-6-14)17-11-12-7-9-13(16)10-8-12/h2-11H,1H3,(H,18,20)/b17-11-. The maximum Gasteiger partial charge on any atom is 0.193 e. The molecule has 0 radical (unpaired) electrons. The van der Waals surface area contributed by atoms with Gasteiger partial charge in [0, 0.05) is 17.8 Å². The SMILES string of the molecule is CN(/N=C\c1ccc(Cl)cc1)C(=S)Nc1ccccc1. The van der Waals surface area contributed by atoms with Crippen LogP contribution in [-0.4, -0.2) is 23.4 Å². The highest BCUT2D eigenvalue weighted by Crippen LogP contribution is 2.09. The highest BCUT2D eigenvalue weighted by molar-refractivity contribution is 7.80. The number of nitrogens with one attached hydrogen (secondary N) is 1. The van der Waals surface area contributed by atoms with Gasteiger partial charge < -0.3 is 5.32 Å². The van der Waals surface area contributed by atoms with Crippen LogP contribution < -0.4 is 5.32 Å². The van der Waals surface area contributed by atoms with Crippen molar-refractivity contribution in [3.05, 3.63) is 65.2 Å². The fourth-order valence-corrected chi connectivity index (χ4v) is 1.77. The van der Waals surface area contributed by atoms with Gasteiger partial charge in [-0.1, -0.05) is 41.9 Å². The fraction of sp³-hybridized carbons (Fsp3) is 0.0667. The van der Waals surface area contributed by atoms with Crippen molar-refractivity contribution in [3.63, 3.8) is 0 Å². The summed E-state index contributed by atoms with van der Waals surface area (Å²) >= 11 is 11.1. The second-order valence-electron chi connectivity index (χ2n) is 4.12. The number of hydrogen-bond acceptors (Lipinski definition) is 2. The molecular weight excluding hydrogens is 290 g/mol. The van der Waals surface area contributed by atoms with Crippen molar-refractivity contribution in [1.82, 2.24) is 5.01 Å². The van der Waals surface area contributed by atoms with E-state index in [-0.39, 0.29) is 0 Å². The molecule has 2 aromatic rings. The predicted octanol–water partition coefficient (Wildman–Crippen LogP) is 4.00. The lowest BCUT2D eigenvalue weighted by Gasteiger charge is -2.15. The molecule has 0 aliphatic carbocycles. The van der Waals surface area contributed by atoms with Crippen LogP contribution in [0.4, 0.5) is 5.69 Å². The van der Waals surface area contributed by atoms with Gasteiger partial charge in [0.1, 0.15) is 0 Å². The Kier molecular flexibility index (Phi) is 5.09. The molecule has 5 heteroatoms. The molecule has 0 unspecified atom stereocenters. The van der Waals surface area contributed by atoms with Crippen molar-refractivity contribution in [2.75, 3.05) is 12.4 Å². The van der Waals surface area contributed by atoms with Crippen LogP contribution in [0.1, 0.15) is 5.56 Å². The van der Waals surface area contributed by atoms with Crippen molar-refractivity contribution < 1.29 is 0 Å². The van der Waals surface area contributed by atoms with Crippen LogP contribution in [0.3, 0.4) is 0 Å². The lowest BCUT2D eigenvalue weighted by atomic mass is 10.2. The third-order valence-electron chi connectivity index (χ3n) is 2.57. The zero-order chi connectivity index (χ0) is 14.4. The Bertz CT molecular complexity index is 596. The van der Waals surface area contributed by atoms with Gasteiger partial charge in [-0.3, -0.25) is 0 Å². The quantitative estimate of drug-likeness (QED) is 0.527. The molecule has 0 spiro atoms. The highest BCUT2D eigenvalue weighted by Gasteiger charge is 2.01. The number of hydrazone groups is 1. The Balaban J connectivity index is 1.95. The van der Waals surface area contributed by atoms with E-state index in [2.05, 4.69) is 10.4 Å². The lowest BCUT2D eigenvalue weighted by molar-refractivity contribution is 0.557. The van der Waals surface area contributed by atoms with Gasteiger partial charge in [-0.05, 0) is 42.0 Å². The molecular formula is C15H14ClN3S. The van der Waals surface area contributed by atoms with Gasteiger partial charge in [-0.15, -0.1) is 0 Å². The summed E-state index contributed by atoms with van der Waals surface area (Å²) in [6, 6.07) is 17.2. The third-order valence-corrected chi connectivity index (χ3v) is 3.19. The normalized spacial score (nSPS) is 10.5. The minimum atomic E-state index is 0.529. The molecule has 0 aromatic heterocycles. The van der Waals surface area contributed by atoms with E-state index in [1.807, 2.05) is 54.6 Å². The summed E-state index contributed by atoms with van der Waals surface area (Å²) in [4.78, 5) is 0. The molecule has 0 aliphatic rings. The number of anilines is 1. The van der Waals surface area contributed by atoms with E-state index in [1.54, 1.807) is 18.3 Å². The first-order valence-corrected chi connectivity index (χ1v) is 6.83. The van der Waals surface area contributed by atoms with E-state index in [4.69, 9.17) is 23.8 Å². The molecule has 0 bridgehead atoms. The molecule has 1 N–H and O–H groups in total. The number of nitrogens with zero attached hydrogens (tertiary/aromatic N) is 2. The first kappa shape index (κ1) is 14.5. The lowest BCUT2D eigenvalue weighted by Crippen LogP contribution is -2.26. The summed E-state index contributed by atoms with van der Waals surface area (Å²) in [5, 5.41) is 10.2. The Morgan fingerprint density at radius 3 is 2.45 bits per heavy atom. The molecule has 0 atom stereocenters. The van der Waals surface area contributed by atoms with Crippen LogP contribution in [0.15, 0.2) is 59.7 Å². The molecule has 102 valence electrons. The summed E-state index contributed by atoms with van der Waals surface area (Å²) in [6.07, 6.45) is 1.73. The van der Waals surface area contributed by atoms with Gasteiger partial charge in [-0.25, -0.2) is 5.01 Å². The van der Waals surface area contributed by atoms with Gasteiger partial charge in [0.15, 0.2) is 5.11 Å². The second-order valence-corrected chi connectivity index (χ2v) is 4.94. The molecule has 2 rings (SSSR count). The average molecular weight is 304 g/mol. The molecule has 0 aliphatic heterocycles. The van der Waals surface area contributed by atoms with E-state index < -0.39 is 0 Å². The number of benzene rings is 2. The number of halogens is 1. The summed E-state index contributed by atoms with van der Waals surface area (Å²) in [7, 11) is 1.80. The third kappa shape index (κ3) is 4.33. The van der Waals surface area contributed by atoms with Crippen molar-refractivity contribution in [3.8, 4) is 0 Å². The van der Waals surface area contributed by atoms with Gasteiger partial charge in [-0.2, -0.15) is 5.10 Å². The zero-order valence-corrected chi connectivity index (χ0v) is 12.5. The summed E-state index contributed by atoms with van der Waals surface area (Å²) in [5.74, 6) is 0. The Hall–Kier alpha value is -1.91. The molecule has 3 nitrogen and oxygen atoms in total. The number of thiocarbonyl (C=S) groups is 1. The maximum absolute atomic E-state index is 5.83. The van der Waals surface area contributed by atoms with E-state index in [0.717, 1.165) is 11.3 Å². The minimum absolute atomic E-state index is 0.529. The average Bonchev–Trinajstić information content (AvgIpc) is 2.47. The maximum atomic E-state index is 5.83. The van der Waals surface area contributed by atoms with Crippen molar-refractivity contribution in [2.45, 2.75) is 0 Å². The van der Waals surface area contributed by atoms with Crippen molar-refractivity contribution in [2.24, 2.45) is 5.10 Å². The first-order valence-electron chi connectivity index (χ1n) is 6.04. The monoisotopic (exact) mass is 303 g/mol. The number of rotatable bonds is 3. The minimum Gasteiger partial charge on any atom is -0.331 e. The van der Waals surface area contributed by atoms with Crippen LogP contribution in [0.25, 0.3) is 0 Å². The summed E-state index contributed by atoms with van der Waals surface area (Å²) < 4.78 is 0. The molecule has 0 fully saturated rings. The summed E-state index contributed by atoms with van der Waals surface area (Å²) in [6.45, 7) is 0. The summed E-state index contributed by atoms with van der Waals surface area (Å²) in [5.41, 5.74) is 1.90. The Labute approximate surface area is 128 Å². The van der Waals surface area contributed by atoms with Crippen LogP contribution >= 0.6 is 23.8 Å². The number of hydrogen-bond donors (Lipinski definition) is 1. The van der Waals surface area contributed by atoms with Gasteiger partial charge >= 0.3 is 0 Å². The second kappa shape index (κ2) is 7.03. The zero-order valence-electron chi connectivity index (χ0n) is 11.0. The van der Waals surface area contributed by atoms with Crippen LogP contribution in [-0.2, 0) is 0 Å². The predicted molar refractivity (Wildman–Crippen MR) is 89.5 cm³/mol. The van der Waals surface area contributed by atoms with E-state index >= 15 is 0 Å². The van der Waals surface area contributed by atoms with Crippen LogP contribution in [0, 0.1) is 0 Å². The van der Waals surface area contributed by atoms with E-state index in [1.165, 1.54) is 0 Å². The topological polar surface area (TPSA) is 27.6 Å². The van der Waals surface area contributed by atoms with E-state index in [9.17, 15) is 0 Å². The van der Waals surface area contributed by atoms with Crippen molar-refractivity contribution in [1.29, 1.82) is 0 Å². The fourth-order valence-electron chi connectivity index (χ4n) is 1.48. The molecule has 0 saturated heterocycles. The first-order chi connectivity index (χ1) is 9.65. The molecule has 0 heterocycles. The van der Waals surface area contributed by atoms with Gasteiger partial charge in [0.25, 0.3) is 0 Å². The molecule has 0 saturated carbocycles. The van der Waals surface area contributed by atoms with Crippen molar-refractivity contribution >= 4 is 40.8 Å². The van der Waals surface area contributed by atoms with Gasteiger partial charge in [0.05, 0.1) is 6.21 Å². The molecule has 0 amide bonds. The smallest absolute Gasteiger partial charge is 0.193 e. The van der Waals surface area contributed by atoms with Gasteiger partial charge in [0.2, 0.25) is 0 Å². The van der Waals surface area contributed by atoms with Crippen LogP contribution in [0.2, 0.25) is 5.02 Å². The van der Waals surface area contributed by atoms with Crippen LogP contribution in [0.5, 0.6) is 0 Å². The van der Waals surface area contributed by atoms with E-state index in [0.29, 0.717) is 10.1 Å². The molecule has 2 aromatic carbocycles.